The molecule has 2 aromatic heterocycles. The molecule has 182 valence electrons. The number of nitrogens with zero attached hydrogens (tertiary/aromatic N) is 2. The normalized spacial score (nSPS) is 19.9. The van der Waals surface area contributed by atoms with Crippen molar-refractivity contribution in [2.45, 2.75) is 50.8 Å². The zero-order valence-corrected chi connectivity index (χ0v) is 21.3. The van der Waals surface area contributed by atoms with Crippen molar-refractivity contribution in [2.24, 2.45) is 5.92 Å². The maximum absolute atomic E-state index is 15.0. The van der Waals surface area contributed by atoms with Gasteiger partial charge in [-0.2, -0.15) is 0 Å². The number of para-hydroxylation sites is 1. The molecule has 0 aliphatic carbocycles. The third kappa shape index (κ3) is 4.53. The first-order chi connectivity index (χ1) is 16.2. The molecule has 0 saturated carbocycles. The molecule has 6 nitrogen and oxygen atoms in total. The number of nitrogens with one attached hydrogen (secondary N) is 2. The molecular formula is C26H33FN4O2S. The molecule has 1 aliphatic heterocycles. The van der Waals surface area contributed by atoms with Gasteiger partial charge in [-0.25, -0.2) is 4.39 Å². The van der Waals surface area contributed by atoms with Crippen molar-refractivity contribution in [3.63, 3.8) is 0 Å². The number of likely N-dealkylation sites (tertiary alicyclic amines) is 1. The Bertz CT molecular complexity index is 1270. The number of hydrogen-bond donors (Lipinski definition) is 2. The minimum absolute atomic E-state index is 0.0850. The molecular weight excluding hydrogens is 451 g/mol. The Hall–Kier alpha value is -2.58. The average Bonchev–Trinajstić information content (AvgIpc) is 3.09. The number of carbonyl (C=O) groups excluding carboxylic acids is 1. The fraction of sp³-hybridized carbons (Fsp3) is 0.462. The second-order valence-electron chi connectivity index (χ2n) is 9.33. The van der Waals surface area contributed by atoms with E-state index in [9.17, 15) is 9.59 Å². The number of piperidine rings is 1. The number of thioether (sulfide) groups is 1. The van der Waals surface area contributed by atoms with Gasteiger partial charge in [0.25, 0.3) is 11.5 Å². The molecule has 3 atom stereocenters. The van der Waals surface area contributed by atoms with Crippen molar-refractivity contribution in [1.29, 1.82) is 0 Å². The molecule has 0 radical (unpaired) electrons. The van der Waals surface area contributed by atoms with Gasteiger partial charge < -0.3 is 19.8 Å². The van der Waals surface area contributed by atoms with Gasteiger partial charge in [-0.05, 0) is 59.2 Å². The molecule has 34 heavy (non-hydrogen) atoms. The van der Waals surface area contributed by atoms with Crippen LogP contribution in [0.25, 0.3) is 10.9 Å². The Morgan fingerprint density at radius 2 is 2.06 bits per heavy atom. The number of pyridine rings is 1. The Balaban J connectivity index is 1.67. The third-order valence-electron chi connectivity index (χ3n) is 7.08. The van der Waals surface area contributed by atoms with Gasteiger partial charge in [0.05, 0.1) is 5.56 Å². The molecule has 0 spiro atoms. The maximum atomic E-state index is 15.0. The molecule has 8 heteroatoms. The number of benzene rings is 1. The monoisotopic (exact) mass is 484 g/mol. The van der Waals surface area contributed by atoms with Gasteiger partial charge in [0.1, 0.15) is 6.17 Å². The summed E-state index contributed by atoms with van der Waals surface area (Å²) in [5.74, 6) is -0.344. The number of aryl methyl sites for hydroxylation is 1. The van der Waals surface area contributed by atoms with Crippen LogP contribution in [0.3, 0.4) is 0 Å². The lowest BCUT2D eigenvalue weighted by atomic mass is 9.88. The van der Waals surface area contributed by atoms with Crippen molar-refractivity contribution < 1.29 is 9.18 Å². The molecule has 2 unspecified atom stereocenters. The van der Waals surface area contributed by atoms with Crippen molar-refractivity contribution in [1.82, 2.24) is 19.8 Å². The standard InChI is InChI=1S/C26H33FN4O2S/c1-15-12-23(34-5)20(25(32)29-15)13-28-26(33)24-17(3)31(22-9-7-6-8-19(22)24)16(2)18-10-11-30(4)14-21(18)27/h6-9,12,16,18,21H,10-11,13-14H2,1-5H3,(H,28,33)(H,29,32)/t16?,18?,21-/m1/s1. The minimum atomic E-state index is -0.912. The van der Waals surface area contributed by atoms with Crippen LogP contribution < -0.4 is 10.9 Å². The second kappa shape index (κ2) is 9.96. The lowest BCUT2D eigenvalue weighted by Crippen LogP contribution is -2.42. The Morgan fingerprint density at radius 1 is 1.32 bits per heavy atom. The minimum Gasteiger partial charge on any atom is -0.348 e. The fourth-order valence-electron chi connectivity index (χ4n) is 5.31. The van der Waals surface area contributed by atoms with E-state index in [2.05, 4.69) is 21.8 Å². The predicted molar refractivity (Wildman–Crippen MR) is 137 cm³/mol. The van der Waals surface area contributed by atoms with Crippen molar-refractivity contribution in [3.8, 4) is 0 Å². The highest BCUT2D eigenvalue weighted by Crippen LogP contribution is 2.36. The van der Waals surface area contributed by atoms with Crippen LogP contribution in [0, 0.1) is 19.8 Å². The van der Waals surface area contributed by atoms with Crippen LogP contribution in [-0.2, 0) is 6.54 Å². The molecule has 2 N–H and O–H groups in total. The fourth-order valence-corrected chi connectivity index (χ4v) is 6.01. The zero-order chi connectivity index (χ0) is 24.6. The summed E-state index contributed by atoms with van der Waals surface area (Å²) >= 11 is 1.49. The summed E-state index contributed by atoms with van der Waals surface area (Å²) in [7, 11) is 1.95. The van der Waals surface area contributed by atoms with Crippen LogP contribution in [0.2, 0.25) is 0 Å². The molecule has 4 rings (SSSR count). The number of alkyl halides is 1. The van der Waals surface area contributed by atoms with E-state index in [0.29, 0.717) is 17.7 Å². The highest BCUT2D eigenvalue weighted by molar-refractivity contribution is 7.98. The van der Waals surface area contributed by atoms with Crippen LogP contribution in [0.1, 0.15) is 46.7 Å². The van der Waals surface area contributed by atoms with Gasteiger partial charge >= 0.3 is 0 Å². The summed E-state index contributed by atoms with van der Waals surface area (Å²) < 4.78 is 17.1. The molecule has 3 aromatic rings. The summed E-state index contributed by atoms with van der Waals surface area (Å²) in [6.45, 7) is 7.27. The first-order valence-electron chi connectivity index (χ1n) is 11.7. The largest absolute Gasteiger partial charge is 0.348 e. The summed E-state index contributed by atoms with van der Waals surface area (Å²) in [4.78, 5) is 31.6. The van der Waals surface area contributed by atoms with Crippen molar-refractivity contribution in [2.75, 3.05) is 26.4 Å². The van der Waals surface area contributed by atoms with E-state index in [0.717, 1.165) is 40.2 Å². The van der Waals surface area contributed by atoms with E-state index in [4.69, 9.17) is 0 Å². The lowest BCUT2D eigenvalue weighted by Gasteiger charge is -2.37. The number of aromatic amines is 1. The first-order valence-corrected chi connectivity index (χ1v) is 12.9. The van der Waals surface area contributed by atoms with Gasteiger partial charge in [0.15, 0.2) is 0 Å². The molecule has 0 bridgehead atoms. The van der Waals surface area contributed by atoms with Crippen molar-refractivity contribution in [3.05, 3.63) is 63.2 Å². The summed E-state index contributed by atoms with van der Waals surface area (Å²) in [5, 5.41) is 3.81. The number of H-pyrrole nitrogens is 1. The predicted octanol–water partition coefficient (Wildman–Crippen LogP) is 4.45. The average molecular weight is 485 g/mol. The van der Waals surface area contributed by atoms with Crippen molar-refractivity contribution >= 4 is 28.6 Å². The molecule has 1 aromatic carbocycles. The summed E-state index contributed by atoms with van der Waals surface area (Å²) in [6, 6.07) is 9.63. The summed E-state index contributed by atoms with van der Waals surface area (Å²) in [6.07, 6.45) is 1.78. The Morgan fingerprint density at radius 3 is 2.76 bits per heavy atom. The van der Waals surface area contributed by atoms with Gasteiger partial charge in [0.2, 0.25) is 0 Å². The smallest absolute Gasteiger partial charge is 0.254 e. The number of fused-ring (bicyclic) bond motifs is 1. The van der Waals surface area contributed by atoms with Gasteiger partial charge in [-0.3, -0.25) is 9.59 Å². The Kier molecular flexibility index (Phi) is 7.19. The highest BCUT2D eigenvalue weighted by atomic mass is 32.2. The molecule has 3 heterocycles. The van der Waals surface area contributed by atoms with E-state index < -0.39 is 6.17 Å². The number of carbonyl (C=O) groups is 1. The van der Waals surface area contributed by atoms with Crippen LogP contribution >= 0.6 is 11.8 Å². The van der Waals surface area contributed by atoms with Gasteiger partial charge in [0, 0.05) is 57.8 Å². The lowest BCUT2D eigenvalue weighted by molar-refractivity contribution is 0.0744. The first kappa shape index (κ1) is 24.5. The van der Waals surface area contributed by atoms with Crippen LogP contribution in [0.5, 0.6) is 0 Å². The SMILES string of the molecule is CSc1cc(C)[nH]c(=O)c1CNC(=O)c1c(C)n(C(C)C2CCN(C)C[C@H]2F)c2ccccc12. The number of aromatic nitrogens is 2. The van der Waals surface area contributed by atoms with E-state index in [1.165, 1.54) is 11.8 Å². The second-order valence-corrected chi connectivity index (χ2v) is 10.2. The molecule has 1 fully saturated rings. The van der Waals surface area contributed by atoms with Gasteiger partial charge in [-0.1, -0.05) is 18.2 Å². The quantitative estimate of drug-likeness (QED) is 0.507. The number of halogens is 1. The topological polar surface area (TPSA) is 70.1 Å². The Labute approximate surface area is 203 Å². The highest BCUT2D eigenvalue weighted by Gasteiger charge is 2.34. The maximum Gasteiger partial charge on any atom is 0.254 e. The van der Waals surface area contributed by atoms with E-state index in [-0.39, 0.29) is 30.0 Å². The van der Waals surface area contributed by atoms with Crippen LogP contribution in [0.4, 0.5) is 4.39 Å². The van der Waals surface area contributed by atoms with E-state index in [1.807, 2.05) is 62.4 Å². The van der Waals surface area contributed by atoms with Crippen LogP contribution in [-0.4, -0.2) is 52.9 Å². The number of rotatable bonds is 6. The summed E-state index contributed by atoms with van der Waals surface area (Å²) in [5.41, 5.74) is 3.49. The van der Waals surface area contributed by atoms with Crippen LogP contribution in [0.15, 0.2) is 40.0 Å². The zero-order valence-electron chi connectivity index (χ0n) is 20.4. The number of hydrogen-bond acceptors (Lipinski definition) is 4. The number of amides is 1. The van der Waals surface area contributed by atoms with Gasteiger partial charge in [-0.15, -0.1) is 11.8 Å². The molecule has 1 saturated heterocycles. The van der Waals surface area contributed by atoms with E-state index in [1.54, 1.807) is 0 Å². The third-order valence-corrected chi connectivity index (χ3v) is 7.88. The van der Waals surface area contributed by atoms with E-state index >= 15 is 4.39 Å². The molecule has 1 amide bonds. The molecule has 1 aliphatic rings.